The number of pyridine rings is 1. The molecule has 0 saturated heterocycles. The molecule has 0 radical (unpaired) electrons. The first-order valence-electron chi connectivity index (χ1n) is 11.3. The maximum Gasteiger partial charge on any atom is 0.407 e. The fourth-order valence-electron chi connectivity index (χ4n) is 5.02. The minimum Gasteiger partial charge on any atom is -0.465 e. The predicted molar refractivity (Wildman–Crippen MR) is 118 cm³/mol. The van der Waals surface area contributed by atoms with Gasteiger partial charge in [0, 0.05) is 41.7 Å². The number of aliphatic hydroxyl groups excluding tert-OH is 1. The largest absolute Gasteiger partial charge is 0.465 e. The van der Waals surface area contributed by atoms with Gasteiger partial charge in [-0.05, 0) is 63.5 Å². The number of amides is 2. The summed E-state index contributed by atoms with van der Waals surface area (Å²) in [5.74, 6) is 0.495. The molecule has 4 rings (SSSR count). The minimum absolute atomic E-state index is 0.0208. The first-order valence-corrected chi connectivity index (χ1v) is 11.3. The molecule has 0 unspecified atom stereocenters. The van der Waals surface area contributed by atoms with E-state index in [4.69, 9.17) is 0 Å². The van der Waals surface area contributed by atoms with E-state index in [1.165, 1.54) is 0 Å². The molecule has 32 heavy (non-hydrogen) atoms. The number of H-pyrrole nitrogens is 1. The molecule has 0 bridgehead atoms. The van der Waals surface area contributed by atoms with Gasteiger partial charge in [0.2, 0.25) is 5.91 Å². The number of aromatic nitrogens is 3. The first-order chi connectivity index (χ1) is 15.4. The van der Waals surface area contributed by atoms with Crippen molar-refractivity contribution in [3.63, 3.8) is 0 Å². The Hall–Kier alpha value is -2.94. The number of carbonyl (C=O) groups excluding carboxylic acids is 1. The second-order valence-electron chi connectivity index (χ2n) is 9.06. The van der Waals surface area contributed by atoms with Gasteiger partial charge in [-0.25, -0.2) is 4.79 Å². The molecule has 0 aromatic carbocycles. The average molecular weight is 442 g/mol. The Morgan fingerprint density at radius 1 is 1.16 bits per heavy atom. The van der Waals surface area contributed by atoms with Crippen molar-refractivity contribution in [3.05, 3.63) is 41.3 Å². The monoisotopic (exact) mass is 441 g/mol. The third-order valence-corrected chi connectivity index (χ3v) is 6.72. The Labute approximate surface area is 187 Å². The second-order valence-corrected chi connectivity index (χ2v) is 9.06. The van der Waals surface area contributed by atoms with Gasteiger partial charge in [0.1, 0.15) is 0 Å². The highest BCUT2D eigenvalue weighted by atomic mass is 16.4. The molecule has 2 saturated carbocycles. The Balaban J connectivity index is 1.33. The molecular formula is C23H31N5O4. The predicted octanol–water partition coefficient (Wildman–Crippen LogP) is 3.21. The van der Waals surface area contributed by atoms with E-state index in [1.807, 2.05) is 25.1 Å². The van der Waals surface area contributed by atoms with Crippen LogP contribution in [-0.2, 0) is 11.2 Å². The van der Waals surface area contributed by atoms with Gasteiger partial charge < -0.3 is 20.4 Å². The quantitative estimate of drug-likeness (QED) is 0.544. The Morgan fingerprint density at radius 2 is 1.91 bits per heavy atom. The van der Waals surface area contributed by atoms with Gasteiger partial charge in [-0.2, -0.15) is 5.10 Å². The van der Waals surface area contributed by atoms with Crippen molar-refractivity contribution in [1.29, 1.82) is 0 Å². The summed E-state index contributed by atoms with van der Waals surface area (Å²) in [6, 6.07) is 5.56. The highest BCUT2D eigenvalue weighted by molar-refractivity contribution is 5.91. The van der Waals surface area contributed by atoms with Crippen molar-refractivity contribution >= 4 is 17.8 Å². The minimum atomic E-state index is -0.875. The van der Waals surface area contributed by atoms with E-state index in [0.29, 0.717) is 31.5 Å². The molecule has 2 aliphatic rings. The number of nitrogens with zero attached hydrogens (tertiary/aromatic N) is 3. The highest BCUT2D eigenvalue weighted by Gasteiger charge is 2.38. The fraction of sp³-hybridized carbons (Fsp3) is 0.565. The van der Waals surface area contributed by atoms with Crippen LogP contribution in [0.3, 0.4) is 0 Å². The smallest absolute Gasteiger partial charge is 0.407 e. The maximum atomic E-state index is 12.3. The number of carboxylic acid groups (broad SMARTS) is 1. The van der Waals surface area contributed by atoms with Crippen molar-refractivity contribution < 1.29 is 19.8 Å². The summed E-state index contributed by atoms with van der Waals surface area (Å²) < 4.78 is 0. The van der Waals surface area contributed by atoms with Crippen LogP contribution in [-0.4, -0.2) is 60.5 Å². The third kappa shape index (κ3) is 5.27. The number of anilines is 1. The number of aromatic amines is 1. The molecule has 172 valence electrons. The van der Waals surface area contributed by atoms with E-state index >= 15 is 0 Å². The number of rotatable bonds is 6. The summed E-state index contributed by atoms with van der Waals surface area (Å²) in [5.41, 5.74) is 2.67. The van der Waals surface area contributed by atoms with Gasteiger partial charge in [0.05, 0.1) is 12.5 Å². The van der Waals surface area contributed by atoms with Gasteiger partial charge in [0.15, 0.2) is 5.82 Å². The molecule has 2 amide bonds. The normalized spacial score (nSPS) is 25.4. The van der Waals surface area contributed by atoms with E-state index < -0.39 is 6.09 Å². The van der Waals surface area contributed by atoms with E-state index in [9.17, 15) is 19.8 Å². The SMILES string of the molecule is Cc1ccc(CC(=O)Nc2cc([C@@H]3CC[C@H](N(C(=O)O)[C@H]4CC[C@@H](O)CC4)C3)[nH]n2)cn1. The molecule has 0 aliphatic heterocycles. The lowest BCUT2D eigenvalue weighted by molar-refractivity contribution is -0.115. The van der Waals surface area contributed by atoms with Gasteiger partial charge in [-0.1, -0.05) is 6.07 Å². The molecule has 2 fully saturated rings. The maximum absolute atomic E-state index is 12.3. The average Bonchev–Trinajstić information content (AvgIpc) is 3.41. The molecule has 4 N–H and O–H groups in total. The summed E-state index contributed by atoms with van der Waals surface area (Å²) in [7, 11) is 0. The Bertz CT molecular complexity index is 936. The van der Waals surface area contributed by atoms with Crippen molar-refractivity contribution in [3.8, 4) is 0 Å². The standard InChI is InChI=1S/C23H31N5O4/c1-14-2-3-15(13-24-14)10-22(30)25-21-12-20(26-27-21)16-4-5-18(11-16)28(23(31)32)17-6-8-19(29)9-7-17/h2-3,12-13,16-19,29H,4-11H2,1H3,(H,31,32)(H2,25,26,27,30)/t16-,17-,18+,19+/m1/s1. The van der Waals surface area contributed by atoms with Crippen LogP contribution in [0, 0.1) is 6.92 Å². The number of hydrogen-bond acceptors (Lipinski definition) is 5. The molecule has 2 aliphatic carbocycles. The van der Waals surface area contributed by atoms with Crippen molar-refractivity contribution in [2.75, 3.05) is 5.32 Å². The number of aliphatic hydroxyl groups is 1. The summed E-state index contributed by atoms with van der Waals surface area (Å²) in [4.78, 5) is 30.2. The zero-order valence-electron chi connectivity index (χ0n) is 18.3. The van der Waals surface area contributed by atoms with Crippen molar-refractivity contribution in [1.82, 2.24) is 20.1 Å². The van der Waals surface area contributed by atoms with E-state index in [0.717, 1.165) is 36.2 Å². The Kier molecular flexibility index (Phi) is 6.74. The number of carbonyl (C=O) groups is 2. The first kappa shape index (κ1) is 22.3. The second kappa shape index (κ2) is 9.68. The highest BCUT2D eigenvalue weighted by Crippen LogP contribution is 2.39. The number of aryl methyl sites for hydroxylation is 1. The summed E-state index contributed by atoms with van der Waals surface area (Å²) >= 11 is 0. The van der Waals surface area contributed by atoms with E-state index in [2.05, 4.69) is 20.5 Å². The van der Waals surface area contributed by atoms with Crippen LogP contribution in [0.15, 0.2) is 24.4 Å². The molecule has 0 spiro atoms. The summed E-state index contributed by atoms with van der Waals surface area (Å²) in [6.07, 6.45) is 5.90. The van der Waals surface area contributed by atoms with Gasteiger partial charge in [-0.3, -0.25) is 14.9 Å². The molecule has 2 aromatic rings. The van der Waals surface area contributed by atoms with Crippen LogP contribution in [0.2, 0.25) is 0 Å². The summed E-state index contributed by atoms with van der Waals surface area (Å²) in [6.45, 7) is 1.90. The van der Waals surface area contributed by atoms with Crippen molar-refractivity contribution in [2.24, 2.45) is 0 Å². The Morgan fingerprint density at radius 3 is 2.59 bits per heavy atom. The van der Waals surface area contributed by atoms with Crippen LogP contribution in [0.1, 0.15) is 67.8 Å². The zero-order chi connectivity index (χ0) is 22.7. The van der Waals surface area contributed by atoms with E-state index in [-0.39, 0.29) is 36.4 Å². The van der Waals surface area contributed by atoms with Gasteiger partial charge >= 0.3 is 6.09 Å². The fourth-order valence-corrected chi connectivity index (χ4v) is 5.02. The molecule has 9 nitrogen and oxygen atoms in total. The van der Waals surface area contributed by atoms with Crippen LogP contribution in [0.4, 0.5) is 10.6 Å². The number of nitrogens with one attached hydrogen (secondary N) is 2. The molecule has 2 aromatic heterocycles. The number of hydrogen-bond donors (Lipinski definition) is 4. The lowest BCUT2D eigenvalue weighted by Gasteiger charge is -2.37. The van der Waals surface area contributed by atoms with Crippen LogP contribution in [0.25, 0.3) is 0 Å². The lowest BCUT2D eigenvalue weighted by atomic mass is 9.91. The van der Waals surface area contributed by atoms with Crippen LogP contribution < -0.4 is 5.32 Å². The lowest BCUT2D eigenvalue weighted by Crippen LogP contribution is -2.47. The van der Waals surface area contributed by atoms with Gasteiger partial charge in [-0.15, -0.1) is 0 Å². The van der Waals surface area contributed by atoms with E-state index in [1.54, 1.807) is 11.1 Å². The molecule has 2 atom stereocenters. The third-order valence-electron chi connectivity index (χ3n) is 6.72. The van der Waals surface area contributed by atoms with Crippen LogP contribution in [0.5, 0.6) is 0 Å². The molecular weight excluding hydrogens is 410 g/mol. The topological polar surface area (TPSA) is 131 Å². The van der Waals surface area contributed by atoms with Crippen molar-refractivity contribution in [2.45, 2.75) is 82.4 Å². The summed E-state index contributed by atoms with van der Waals surface area (Å²) in [5, 5.41) is 29.7. The van der Waals surface area contributed by atoms with Crippen LogP contribution >= 0.6 is 0 Å². The zero-order valence-corrected chi connectivity index (χ0v) is 18.3. The molecule has 2 heterocycles. The molecule has 9 heteroatoms. The van der Waals surface area contributed by atoms with Gasteiger partial charge in [0.25, 0.3) is 0 Å².